The molecule has 0 radical (unpaired) electrons. The van der Waals surface area contributed by atoms with E-state index in [-0.39, 0.29) is 18.7 Å². The number of amides is 1. The van der Waals surface area contributed by atoms with E-state index in [9.17, 15) is 18.0 Å². The molecule has 21 heavy (non-hydrogen) atoms. The molecule has 1 aromatic rings. The second-order valence-corrected chi connectivity index (χ2v) is 6.00. The van der Waals surface area contributed by atoms with Crippen molar-refractivity contribution in [3.05, 3.63) is 35.4 Å². The van der Waals surface area contributed by atoms with Gasteiger partial charge in [-0.3, -0.25) is 14.1 Å². The van der Waals surface area contributed by atoms with Crippen molar-refractivity contribution in [3.8, 4) is 0 Å². The van der Waals surface area contributed by atoms with Gasteiger partial charge in [-0.05, 0) is 11.1 Å². The summed E-state index contributed by atoms with van der Waals surface area (Å²) in [6.07, 6.45) is 0.917. The number of hydrogen-bond acceptors (Lipinski definition) is 4. The highest BCUT2D eigenvalue weighted by Gasteiger charge is 2.11. The molecule has 0 atom stereocenters. The molecule has 0 bridgehead atoms. The molecule has 0 aliphatic heterocycles. The summed E-state index contributed by atoms with van der Waals surface area (Å²) in [7, 11) is -0.301. The van der Waals surface area contributed by atoms with Gasteiger partial charge in [0, 0.05) is 14.1 Å². The van der Waals surface area contributed by atoms with E-state index in [0.29, 0.717) is 11.8 Å². The van der Waals surface area contributed by atoms with E-state index >= 15 is 0 Å². The van der Waals surface area contributed by atoms with E-state index in [4.69, 9.17) is 9.66 Å². The van der Waals surface area contributed by atoms with Crippen LogP contribution in [0.3, 0.4) is 0 Å². The Morgan fingerprint density at radius 2 is 1.48 bits per heavy atom. The average molecular weight is 317 g/mol. The molecule has 0 heterocycles. The molecule has 0 aliphatic carbocycles. The molecular weight excluding hydrogens is 298 g/mol. The number of hydrogen-bond donors (Lipinski definition) is 2. The number of carboxylic acid groups (broad SMARTS) is 1. The predicted molar refractivity (Wildman–Crippen MR) is 77.7 cm³/mol. The van der Waals surface area contributed by atoms with Gasteiger partial charge < -0.3 is 10.0 Å². The lowest BCUT2D eigenvalue weighted by molar-refractivity contribution is -0.136. The minimum absolute atomic E-state index is 0.0298. The fraction of sp³-hybridized carbons (Fsp3) is 0.385. The zero-order chi connectivity index (χ0) is 16.6. The quantitative estimate of drug-likeness (QED) is 0.780. The van der Waals surface area contributed by atoms with Crippen LogP contribution < -0.4 is 0 Å². The predicted octanol–water partition coefficient (Wildman–Crippen LogP) is 0.448. The van der Waals surface area contributed by atoms with Gasteiger partial charge in [-0.2, -0.15) is 8.42 Å². The Labute approximate surface area is 123 Å². The topological polar surface area (TPSA) is 112 Å². The highest BCUT2D eigenvalue weighted by Crippen LogP contribution is 2.11. The third kappa shape index (κ3) is 10.5. The van der Waals surface area contributed by atoms with E-state index in [1.807, 2.05) is 6.07 Å². The second-order valence-electron chi connectivity index (χ2n) is 4.54. The summed E-state index contributed by atoms with van der Waals surface area (Å²) in [5.74, 6) is -0.914. The summed E-state index contributed by atoms with van der Waals surface area (Å²) in [4.78, 5) is 23.7. The summed E-state index contributed by atoms with van der Waals surface area (Å²) in [6, 6.07) is 7.12. The maximum Gasteiger partial charge on any atom is 0.307 e. The van der Waals surface area contributed by atoms with E-state index in [1.165, 1.54) is 4.90 Å². The molecule has 0 aromatic heterocycles. The summed E-state index contributed by atoms with van der Waals surface area (Å²) < 4.78 is 25.9. The molecule has 8 heteroatoms. The van der Waals surface area contributed by atoms with Crippen LogP contribution in [0.2, 0.25) is 0 Å². The maximum absolute atomic E-state index is 11.5. The third-order valence-electron chi connectivity index (χ3n) is 2.30. The van der Waals surface area contributed by atoms with Crippen molar-refractivity contribution < 1.29 is 27.7 Å². The maximum atomic E-state index is 11.5. The molecule has 0 saturated carbocycles. The first-order valence-electron chi connectivity index (χ1n) is 5.92. The Hall–Kier alpha value is -1.93. The van der Waals surface area contributed by atoms with Crippen LogP contribution >= 0.6 is 0 Å². The van der Waals surface area contributed by atoms with Crippen LogP contribution in [0.15, 0.2) is 24.3 Å². The fourth-order valence-electron chi connectivity index (χ4n) is 1.39. The first kappa shape index (κ1) is 19.1. The Morgan fingerprint density at radius 1 is 1.10 bits per heavy atom. The van der Waals surface area contributed by atoms with Crippen LogP contribution in [-0.4, -0.2) is 55.2 Å². The SMILES string of the molecule is CN(C)C(=O)Cc1ccccc1CC(=O)O.CS(=O)(=O)O. The van der Waals surface area contributed by atoms with Gasteiger partial charge in [0.2, 0.25) is 5.91 Å². The summed E-state index contributed by atoms with van der Waals surface area (Å²) in [5, 5.41) is 8.74. The van der Waals surface area contributed by atoms with Gasteiger partial charge in [0.1, 0.15) is 0 Å². The van der Waals surface area contributed by atoms with Crippen molar-refractivity contribution >= 4 is 22.0 Å². The molecule has 2 N–H and O–H groups in total. The van der Waals surface area contributed by atoms with Crippen molar-refractivity contribution in [2.24, 2.45) is 0 Å². The van der Waals surface area contributed by atoms with Gasteiger partial charge in [-0.25, -0.2) is 0 Å². The molecular formula is C13H19NO6S. The summed E-state index contributed by atoms with van der Waals surface area (Å²) in [5.41, 5.74) is 1.48. The largest absolute Gasteiger partial charge is 0.481 e. The van der Waals surface area contributed by atoms with Crippen molar-refractivity contribution in [2.75, 3.05) is 20.4 Å². The van der Waals surface area contributed by atoms with Gasteiger partial charge in [0.25, 0.3) is 10.1 Å². The van der Waals surface area contributed by atoms with Gasteiger partial charge in [0.05, 0.1) is 19.1 Å². The summed E-state index contributed by atoms with van der Waals surface area (Å²) >= 11 is 0. The van der Waals surface area contributed by atoms with Gasteiger partial charge in [0.15, 0.2) is 0 Å². The lowest BCUT2D eigenvalue weighted by Crippen LogP contribution is -2.24. The summed E-state index contributed by atoms with van der Waals surface area (Å²) in [6.45, 7) is 0. The molecule has 0 aliphatic rings. The van der Waals surface area contributed by atoms with E-state index in [0.717, 1.165) is 5.56 Å². The minimum Gasteiger partial charge on any atom is -0.481 e. The van der Waals surface area contributed by atoms with E-state index in [2.05, 4.69) is 0 Å². The van der Waals surface area contributed by atoms with Gasteiger partial charge in [-0.1, -0.05) is 24.3 Å². The standard InChI is InChI=1S/C12H15NO3.CH4O3S/c1-13(2)11(14)7-9-5-3-4-6-10(9)8-12(15)16;1-5(2,3)4/h3-6H,7-8H2,1-2H3,(H,15,16);1H3,(H,2,3,4). The Bertz CT molecular complexity index is 586. The van der Waals surface area contributed by atoms with Crippen molar-refractivity contribution in [1.82, 2.24) is 4.90 Å². The number of aliphatic carboxylic acids is 1. The highest BCUT2D eigenvalue weighted by molar-refractivity contribution is 7.85. The number of likely N-dealkylation sites (N-methyl/N-ethyl adjacent to an activating group) is 1. The number of carboxylic acids is 1. The van der Waals surface area contributed by atoms with E-state index < -0.39 is 16.1 Å². The van der Waals surface area contributed by atoms with Crippen molar-refractivity contribution in [3.63, 3.8) is 0 Å². The third-order valence-corrected chi connectivity index (χ3v) is 2.30. The molecule has 118 valence electrons. The number of carbonyl (C=O) groups is 2. The van der Waals surface area contributed by atoms with Crippen LogP contribution in [0.5, 0.6) is 0 Å². The average Bonchev–Trinajstić information content (AvgIpc) is 2.28. The highest BCUT2D eigenvalue weighted by atomic mass is 32.2. The molecule has 0 unspecified atom stereocenters. The van der Waals surface area contributed by atoms with Gasteiger partial charge >= 0.3 is 5.97 Å². The molecule has 1 rings (SSSR count). The Balaban J connectivity index is 0.000000690. The van der Waals surface area contributed by atoms with Crippen LogP contribution in [0.4, 0.5) is 0 Å². The van der Waals surface area contributed by atoms with Crippen LogP contribution in [0.1, 0.15) is 11.1 Å². The molecule has 0 spiro atoms. The molecule has 7 nitrogen and oxygen atoms in total. The molecule has 0 saturated heterocycles. The number of carbonyl (C=O) groups excluding carboxylic acids is 1. The fourth-order valence-corrected chi connectivity index (χ4v) is 1.39. The number of benzene rings is 1. The lowest BCUT2D eigenvalue weighted by Gasteiger charge is -2.12. The van der Waals surface area contributed by atoms with Crippen molar-refractivity contribution in [2.45, 2.75) is 12.8 Å². The van der Waals surface area contributed by atoms with Gasteiger partial charge in [-0.15, -0.1) is 0 Å². The zero-order valence-corrected chi connectivity index (χ0v) is 12.9. The monoisotopic (exact) mass is 317 g/mol. The lowest BCUT2D eigenvalue weighted by atomic mass is 10.0. The zero-order valence-electron chi connectivity index (χ0n) is 12.1. The minimum atomic E-state index is -3.67. The smallest absolute Gasteiger partial charge is 0.307 e. The number of nitrogens with zero attached hydrogens (tertiary/aromatic N) is 1. The second kappa shape index (κ2) is 8.38. The first-order chi connectivity index (χ1) is 9.50. The first-order valence-corrected chi connectivity index (χ1v) is 7.76. The molecule has 0 fully saturated rings. The molecule has 1 amide bonds. The molecule has 1 aromatic carbocycles. The normalized spacial score (nSPS) is 10.3. The Kier molecular flexibility index (Phi) is 7.61. The number of rotatable bonds is 4. The van der Waals surface area contributed by atoms with Crippen LogP contribution in [0, 0.1) is 0 Å². The van der Waals surface area contributed by atoms with Crippen LogP contribution in [-0.2, 0) is 32.5 Å². The van der Waals surface area contributed by atoms with Crippen molar-refractivity contribution in [1.29, 1.82) is 0 Å². The van der Waals surface area contributed by atoms with Crippen LogP contribution in [0.25, 0.3) is 0 Å². The van der Waals surface area contributed by atoms with E-state index in [1.54, 1.807) is 32.3 Å². The Morgan fingerprint density at radius 3 is 1.81 bits per heavy atom.